The van der Waals surface area contributed by atoms with E-state index in [4.69, 9.17) is 9.72 Å². The summed E-state index contributed by atoms with van der Waals surface area (Å²) in [5, 5.41) is 2.28. The standard InChI is InChI=1S/C42H34N6O/c1-44(2)32-22-23-43-40(27-32)48-39-28-35(49-34-17-11-16-33(26-34)46-25-24-45(29-46)30-12-5-3-6-13-30)20-21-37(39)41-42(48)36-18-9-10-19-38(36)47(41)31-14-7-4-8-15-31/h3-28H,29H2,1-2H3. The first-order valence-corrected chi connectivity index (χ1v) is 16.4. The van der Waals surface area contributed by atoms with Crippen LogP contribution in [0.4, 0.5) is 17.1 Å². The summed E-state index contributed by atoms with van der Waals surface area (Å²) in [6.45, 7) is 0.733. The maximum Gasteiger partial charge on any atom is 0.139 e. The number of hydrogen-bond acceptors (Lipinski definition) is 5. The lowest BCUT2D eigenvalue weighted by molar-refractivity contribution is 0.483. The predicted octanol–water partition coefficient (Wildman–Crippen LogP) is 9.74. The molecule has 0 saturated heterocycles. The topological polar surface area (TPSA) is 41.7 Å². The predicted molar refractivity (Wildman–Crippen MR) is 202 cm³/mol. The fraction of sp³-hybridized carbons (Fsp3) is 0.0714. The molecule has 3 aromatic heterocycles. The van der Waals surface area contributed by atoms with Crippen molar-refractivity contribution >= 4 is 49.9 Å². The van der Waals surface area contributed by atoms with Crippen molar-refractivity contribution in [2.75, 3.05) is 35.5 Å². The molecule has 1 aliphatic heterocycles. The smallest absolute Gasteiger partial charge is 0.139 e. The van der Waals surface area contributed by atoms with E-state index in [9.17, 15) is 0 Å². The van der Waals surface area contributed by atoms with Crippen LogP contribution in [-0.2, 0) is 0 Å². The summed E-state index contributed by atoms with van der Waals surface area (Å²) in [6, 6.07) is 48.5. The van der Waals surface area contributed by atoms with Crippen LogP contribution < -0.4 is 19.4 Å². The molecule has 5 aromatic carbocycles. The van der Waals surface area contributed by atoms with Crippen LogP contribution in [0.5, 0.6) is 11.5 Å². The number of para-hydroxylation sites is 3. The molecule has 0 spiro atoms. The molecule has 9 rings (SSSR count). The van der Waals surface area contributed by atoms with Crippen molar-refractivity contribution in [2.24, 2.45) is 0 Å². The molecular formula is C42H34N6O. The van der Waals surface area contributed by atoms with Crippen molar-refractivity contribution in [3.63, 3.8) is 0 Å². The Kier molecular flexibility index (Phi) is 6.83. The van der Waals surface area contributed by atoms with E-state index in [1.54, 1.807) is 0 Å². The number of anilines is 3. The molecule has 0 N–H and O–H groups in total. The molecular weight excluding hydrogens is 605 g/mol. The highest BCUT2D eigenvalue weighted by Crippen LogP contribution is 2.42. The summed E-state index contributed by atoms with van der Waals surface area (Å²) >= 11 is 0. The van der Waals surface area contributed by atoms with E-state index in [0.29, 0.717) is 0 Å². The third-order valence-electron chi connectivity index (χ3n) is 9.23. The molecule has 4 heterocycles. The number of hydrogen-bond donors (Lipinski definition) is 0. The second-order valence-electron chi connectivity index (χ2n) is 12.5. The number of ether oxygens (including phenoxy) is 1. The number of fused-ring (bicyclic) bond motifs is 5. The molecule has 8 aromatic rings. The summed E-state index contributed by atoms with van der Waals surface area (Å²) in [7, 11) is 4.11. The van der Waals surface area contributed by atoms with Gasteiger partial charge < -0.3 is 24.0 Å². The van der Waals surface area contributed by atoms with Gasteiger partial charge >= 0.3 is 0 Å². The monoisotopic (exact) mass is 638 g/mol. The van der Waals surface area contributed by atoms with E-state index in [1.165, 1.54) is 0 Å². The Hall–Kier alpha value is -6.47. The van der Waals surface area contributed by atoms with Crippen LogP contribution >= 0.6 is 0 Å². The van der Waals surface area contributed by atoms with Crippen molar-refractivity contribution in [2.45, 2.75) is 0 Å². The third-order valence-corrected chi connectivity index (χ3v) is 9.23. The van der Waals surface area contributed by atoms with Crippen molar-refractivity contribution in [3.05, 3.63) is 158 Å². The molecule has 0 unspecified atom stereocenters. The SMILES string of the molecule is CN(C)c1ccnc(-n2c3cc(Oc4cccc(N5C=CN(c6ccccc6)C5)c4)ccc3c3c2c2ccccc2n3-c2ccccc2)c1. The Morgan fingerprint density at radius 3 is 2.00 bits per heavy atom. The molecule has 238 valence electrons. The van der Waals surface area contributed by atoms with Crippen LogP contribution in [0.2, 0.25) is 0 Å². The van der Waals surface area contributed by atoms with Crippen LogP contribution in [0.3, 0.4) is 0 Å². The average molecular weight is 639 g/mol. The van der Waals surface area contributed by atoms with Gasteiger partial charge in [-0.25, -0.2) is 4.98 Å². The average Bonchev–Trinajstić information content (AvgIpc) is 3.86. The lowest BCUT2D eigenvalue weighted by Crippen LogP contribution is -2.24. The molecule has 1 aliphatic rings. The van der Waals surface area contributed by atoms with Crippen LogP contribution in [0.1, 0.15) is 0 Å². The minimum atomic E-state index is 0.733. The van der Waals surface area contributed by atoms with E-state index < -0.39 is 0 Å². The highest BCUT2D eigenvalue weighted by molar-refractivity contribution is 6.20. The zero-order valence-electron chi connectivity index (χ0n) is 27.3. The summed E-state index contributed by atoms with van der Waals surface area (Å²) in [6.07, 6.45) is 6.11. The third kappa shape index (κ3) is 4.95. The lowest BCUT2D eigenvalue weighted by Gasteiger charge is -2.22. The maximum atomic E-state index is 6.61. The van der Waals surface area contributed by atoms with Crippen molar-refractivity contribution in [1.82, 2.24) is 14.1 Å². The maximum absolute atomic E-state index is 6.61. The van der Waals surface area contributed by atoms with Crippen LogP contribution in [0.25, 0.3) is 44.3 Å². The van der Waals surface area contributed by atoms with Gasteiger partial charge in [0.2, 0.25) is 0 Å². The van der Waals surface area contributed by atoms with E-state index in [0.717, 1.165) is 79.6 Å². The van der Waals surface area contributed by atoms with Crippen LogP contribution in [0.15, 0.2) is 158 Å². The van der Waals surface area contributed by atoms with Gasteiger partial charge in [0, 0.05) is 84.4 Å². The lowest BCUT2D eigenvalue weighted by atomic mass is 10.2. The quantitative estimate of drug-likeness (QED) is 0.174. The molecule has 0 fully saturated rings. The van der Waals surface area contributed by atoms with Crippen LogP contribution in [-0.4, -0.2) is 34.9 Å². The van der Waals surface area contributed by atoms with Gasteiger partial charge in [0.05, 0.1) is 28.7 Å². The molecule has 0 bridgehead atoms. The largest absolute Gasteiger partial charge is 0.457 e. The Balaban J connectivity index is 1.17. The van der Waals surface area contributed by atoms with E-state index >= 15 is 0 Å². The number of pyridine rings is 1. The Bertz CT molecular complexity index is 2500. The molecule has 0 atom stereocenters. The molecule has 7 nitrogen and oxygen atoms in total. The van der Waals surface area contributed by atoms with Crippen molar-refractivity contribution < 1.29 is 4.74 Å². The number of nitrogens with zero attached hydrogens (tertiary/aromatic N) is 6. The first-order valence-electron chi connectivity index (χ1n) is 16.4. The van der Waals surface area contributed by atoms with Gasteiger partial charge in [-0.3, -0.25) is 4.57 Å². The van der Waals surface area contributed by atoms with Gasteiger partial charge in [0.25, 0.3) is 0 Å². The first-order chi connectivity index (χ1) is 24.1. The minimum Gasteiger partial charge on any atom is -0.457 e. The van der Waals surface area contributed by atoms with Gasteiger partial charge in [-0.05, 0) is 60.7 Å². The zero-order chi connectivity index (χ0) is 32.9. The molecule has 7 heteroatoms. The summed E-state index contributed by atoms with van der Waals surface area (Å²) < 4.78 is 11.3. The number of rotatable bonds is 7. The summed E-state index contributed by atoms with van der Waals surface area (Å²) in [5.74, 6) is 2.39. The Morgan fingerprint density at radius 1 is 0.551 bits per heavy atom. The first kappa shape index (κ1) is 28.7. The fourth-order valence-corrected chi connectivity index (χ4v) is 6.91. The highest BCUT2D eigenvalue weighted by atomic mass is 16.5. The van der Waals surface area contributed by atoms with E-state index in [-0.39, 0.29) is 0 Å². The summed E-state index contributed by atoms with van der Waals surface area (Å²) in [4.78, 5) is 11.5. The van der Waals surface area contributed by atoms with E-state index in [2.05, 4.69) is 166 Å². The molecule has 49 heavy (non-hydrogen) atoms. The summed E-state index contributed by atoms with van der Waals surface area (Å²) in [5.41, 5.74) is 8.85. The van der Waals surface area contributed by atoms with Gasteiger partial charge in [-0.15, -0.1) is 0 Å². The van der Waals surface area contributed by atoms with E-state index in [1.807, 2.05) is 30.5 Å². The minimum absolute atomic E-state index is 0.733. The van der Waals surface area contributed by atoms with Gasteiger partial charge in [-0.1, -0.05) is 60.7 Å². The van der Waals surface area contributed by atoms with Crippen molar-refractivity contribution in [3.8, 4) is 23.0 Å². The van der Waals surface area contributed by atoms with Gasteiger partial charge in [0.15, 0.2) is 0 Å². The number of benzene rings is 5. The van der Waals surface area contributed by atoms with Crippen molar-refractivity contribution in [1.29, 1.82) is 0 Å². The van der Waals surface area contributed by atoms with Gasteiger partial charge in [0.1, 0.15) is 17.3 Å². The second kappa shape index (κ2) is 11.6. The molecule has 0 aliphatic carbocycles. The zero-order valence-corrected chi connectivity index (χ0v) is 27.3. The Labute approximate surface area is 284 Å². The van der Waals surface area contributed by atoms with Crippen LogP contribution in [0, 0.1) is 0 Å². The normalized spacial score (nSPS) is 12.9. The second-order valence-corrected chi connectivity index (χ2v) is 12.5. The fourth-order valence-electron chi connectivity index (χ4n) is 6.91. The Morgan fingerprint density at radius 2 is 1.20 bits per heavy atom. The number of aromatic nitrogens is 3. The molecule has 0 radical (unpaired) electrons. The molecule has 0 amide bonds. The molecule has 0 saturated carbocycles. The van der Waals surface area contributed by atoms with Gasteiger partial charge in [-0.2, -0.15) is 0 Å². The highest BCUT2D eigenvalue weighted by Gasteiger charge is 2.23.